The molecule has 0 bridgehead atoms. The Morgan fingerprint density at radius 2 is 1.62 bits per heavy atom. The van der Waals surface area contributed by atoms with Gasteiger partial charge in [-0.15, -0.1) is 37.2 Å². The van der Waals surface area contributed by atoms with Crippen molar-refractivity contribution in [1.82, 2.24) is 20.4 Å². The minimum Gasteiger partial charge on any atom is -0.339 e. The van der Waals surface area contributed by atoms with Crippen molar-refractivity contribution in [2.45, 2.75) is 25.4 Å². The number of nitrogens with zero attached hydrogens (tertiary/aromatic N) is 2. The van der Waals surface area contributed by atoms with E-state index in [1.807, 2.05) is 4.90 Å². The van der Waals surface area contributed by atoms with Crippen LogP contribution < -0.4 is 10.6 Å². The van der Waals surface area contributed by atoms with E-state index in [9.17, 15) is 4.79 Å². The van der Waals surface area contributed by atoms with Crippen molar-refractivity contribution in [1.29, 1.82) is 0 Å². The average molecular weight is 426 g/mol. The molecule has 1 aromatic carbocycles. The molecule has 2 saturated heterocycles. The summed E-state index contributed by atoms with van der Waals surface area (Å²) in [6, 6.07) is 11.1. The second-order valence-corrected chi connectivity index (χ2v) is 6.55. The summed E-state index contributed by atoms with van der Waals surface area (Å²) in [6.07, 6.45) is 2.25. The molecule has 0 unspecified atom stereocenters. The van der Waals surface area contributed by atoms with Gasteiger partial charge < -0.3 is 15.5 Å². The Bertz CT molecular complexity index is 492. The van der Waals surface area contributed by atoms with Crippen molar-refractivity contribution in [3.8, 4) is 0 Å². The van der Waals surface area contributed by atoms with Crippen LogP contribution >= 0.6 is 37.2 Å². The second-order valence-electron chi connectivity index (χ2n) is 6.55. The molecular formula is C18H31Cl3N4O. The molecule has 2 heterocycles. The number of hydrogen-bond donors (Lipinski definition) is 2. The minimum absolute atomic E-state index is 0. The first kappa shape index (κ1) is 25.4. The van der Waals surface area contributed by atoms with Gasteiger partial charge in [0.1, 0.15) is 0 Å². The third kappa shape index (κ3) is 7.99. The van der Waals surface area contributed by atoms with Gasteiger partial charge >= 0.3 is 0 Å². The third-order valence-electron chi connectivity index (χ3n) is 4.85. The molecule has 26 heavy (non-hydrogen) atoms. The third-order valence-corrected chi connectivity index (χ3v) is 4.85. The molecule has 0 spiro atoms. The van der Waals surface area contributed by atoms with E-state index in [4.69, 9.17) is 0 Å². The number of carbonyl (C=O) groups is 1. The Hall–Kier alpha value is -0.560. The molecule has 1 amide bonds. The number of piperazine rings is 1. The fraction of sp³-hybridized carbons (Fsp3) is 0.611. The monoisotopic (exact) mass is 424 g/mol. The zero-order chi connectivity index (χ0) is 15.9. The Morgan fingerprint density at radius 3 is 2.23 bits per heavy atom. The number of rotatable bonds is 5. The summed E-state index contributed by atoms with van der Waals surface area (Å²) in [6.45, 7) is 7.26. The van der Waals surface area contributed by atoms with Crippen LogP contribution in [0.5, 0.6) is 0 Å². The highest BCUT2D eigenvalue weighted by atomic mass is 35.5. The highest BCUT2D eigenvalue weighted by molar-refractivity contribution is 5.86. The van der Waals surface area contributed by atoms with E-state index in [0.29, 0.717) is 12.6 Å². The summed E-state index contributed by atoms with van der Waals surface area (Å²) in [5.41, 5.74) is 1.38. The van der Waals surface area contributed by atoms with Gasteiger partial charge in [-0.25, -0.2) is 0 Å². The molecule has 0 radical (unpaired) electrons. The lowest BCUT2D eigenvalue weighted by Gasteiger charge is -2.33. The number of hydrogen-bond acceptors (Lipinski definition) is 4. The van der Waals surface area contributed by atoms with E-state index in [1.54, 1.807) is 0 Å². The first-order valence-corrected chi connectivity index (χ1v) is 8.79. The van der Waals surface area contributed by atoms with Crippen molar-refractivity contribution in [3.63, 3.8) is 0 Å². The molecule has 2 N–H and O–H groups in total. The zero-order valence-electron chi connectivity index (χ0n) is 15.1. The maximum absolute atomic E-state index is 12.2. The Balaban J connectivity index is 0.00000208. The number of benzene rings is 1. The van der Waals surface area contributed by atoms with Gasteiger partial charge in [-0.3, -0.25) is 9.69 Å². The van der Waals surface area contributed by atoms with Gasteiger partial charge in [0.05, 0.1) is 6.54 Å². The van der Waals surface area contributed by atoms with Crippen molar-refractivity contribution in [2.24, 2.45) is 0 Å². The maximum atomic E-state index is 12.2. The maximum Gasteiger partial charge on any atom is 0.236 e. The van der Waals surface area contributed by atoms with Gasteiger partial charge in [0.25, 0.3) is 0 Å². The van der Waals surface area contributed by atoms with E-state index in [1.165, 1.54) is 5.56 Å². The summed E-state index contributed by atoms with van der Waals surface area (Å²) >= 11 is 0. The summed E-state index contributed by atoms with van der Waals surface area (Å²) < 4.78 is 0. The van der Waals surface area contributed by atoms with Crippen molar-refractivity contribution >= 4 is 43.1 Å². The fourth-order valence-corrected chi connectivity index (χ4v) is 3.39. The molecule has 0 aliphatic carbocycles. The largest absolute Gasteiger partial charge is 0.339 e. The van der Waals surface area contributed by atoms with Gasteiger partial charge in [0.2, 0.25) is 5.91 Å². The Kier molecular flexibility index (Phi) is 13.3. The number of nitrogens with one attached hydrogen (secondary N) is 2. The van der Waals surface area contributed by atoms with Crippen molar-refractivity contribution in [2.75, 3.05) is 45.8 Å². The first-order valence-electron chi connectivity index (χ1n) is 8.79. The average Bonchev–Trinajstić information content (AvgIpc) is 2.62. The van der Waals surface area contributed by atoms with Crippen LogP contribution in [-0.2, 0) is 11.3 Å². The molecule has 3 rings (SSSR count). The number of piperidine rings is 1. The molecular weight excluding hydrogens is 395 g/mol. The zero-order valence-corrected chi connectivity index (χ0v) is 17.5. The quantitative estimate of drug-likeness (QED) is 0.757. The lowest BCUT2D eigenvalue weighted by molar-refractivity contribution is -0.131. The smallest absolute Gasteiger partial charge is 0.236 e. The first-order chi connectivity index (χ1) is 11.3. The molecule has 0 saturated carbocycles. The van der Waals surface area contributed by atoms with Gasteiger partial charge in [-0.1, -0.05) is 30.3 Å². The summed E-state index contributed by atoms with van der Waals surface area (Å²) in [5.74, 6) is 0.248. The van der Waals surface area contributed by atoms with Gasteiger partial charge in [-0.05, 0) is 31.5 Å². The van der Waals surface area contributed by atoms with Crippen LogP contribution in [0, 0.1) is 0 Å². The number of likely N-dealkylation sites (tertiary alicyclic amines) is 1. The molecule has 5 nitrogen and oxygen atoms in total. The van der Waals surface area contributed by atoms with Crippen LogP contribution in [-0.4, -0.2) is 67.6 Å². The highest BCUT2D eigenvalue weighted by Crippen LogP contribution is 2.13. The number of carbonyl (C=O) groups excluding carboxylic acids is 1. The molecule has 0 atom stereocenters. The minimum atomic E-state index is 0. The van der Waals surface area contributed by atoms with E-state index in [0.717, 1.165) is 58.7 Å². The molecule has 8 heteroatoms. The van der Waals surface area contributed by atoms with E-state index >= 15 is 0 Å². The normalized spacial score (nSPS) is 18.2. The summed E-state index contributed by atoms with van der Waals surface area (Å²) in [5, 5.41) is 6.74. The van der Waals surface area contributed by atoms with Crippen molar-refractivity contribution in [3.05, 3.63) is 35.9 Å². The standard InChI is InChI=1S/C18H28N4O.3ClH/c23-18(22-12-8-19-9-13-22)14-20-17-6-10-21(11-7-17)15-16-4-2-1-3-5-16;;;/h1-5,17,19-20H,6-15H2;3*1H. The fourth-order valence-electron chi connectivity index (χ4n) is 3.39. The predicted molar refractivity (Wildman–Crippen MR) is 114 cm³/mol. The van der Waals surface area contributed by atoms with E-state index in [-0.39, 0.29) is 43.1 Å². The van der Waals surface area contributed by atoms with Crippen molar-refractivity contribution < 1.29 is 4.79 Å². The number of amides is 1. The van der Waals surface area contributed by atoms with Gasteiger partial charge in [-0.2, -0.15) is 0 Å². The highest BCUT2D eigenvalue weighted by Gasteiger charge is 2.21. The van der Waals surface area contributed by atoms with Crippen LogP contribution in [0.4, 0.5) is 0 Å². The molecule has 1 aromatic rings. The molecule has 0 aromatic heterocycles. The summed E-state index contributed by atoms with van der Waals surface area (Å²) in [7, 11) is 0. The summed E-state index contributed by atoms with van der Waals surface area (Å²) in [4.78, 5) is 16.6. The SMILES string of the molecule is Cl.Cl.Cl.O=C(CNC1CCN(Cc2ccccc2)CC1)N1CCNCC1. The van der Waals surface area contributed by atoms with Crippen LogP contribution in [0.2, 0.25) is 0 Å². The molecule has 2 aliphatic heterocycles. The van der Waals surface area contributed by atoms with Crippen LogP contribution in [0.1, 0.15) is 18.4 Å². The molecule has 2 aliphatic rings. The van der Waals surface area contributed by atoms with E-state index < -0.39 is 0 Å². The Labute approximate surface area is 175 Å². The Morgan fingerprint density at radius 1 is 1.00 bits per heavy atom. The molecule has 150 valence electrons. The second kappa shape index (κ2) is 13.6. The lowest BCUT2D eigenvalue weighted by atomic mass is 10.0. The van der Waals surface area contributed by atoms with Crippen LogP contribution in [0.25, 0.3) is 0 Å². The topological polar surface area (TPSA) is 47.6 Å². The molecule has 2 fully saturated rings. The van der Waals surface area contributed by atoms with Gasteiger partial charge in [0.15, 0.2) is 0 Å². The van der Waals surface area contributed by atoms with Crippen LogP contribution in [0.3, 0.4) is 0 Å². The number of halogens is 3. The van der Waals surface area contributed by atoms with E-state index in [2.05, 4.69) is 45.9 Å². The predicted octanol–water partition coefficient (Wildman–Crippen LogP) is 1.94. The van der Waals surface area contributed by atoms with Gasteiger partial charge in [0, 0.05) is 38.8 Å². The van der Waals surface area contributed by atoms with Crippen LogP contribution in [0.15, 0.2) is 30.3 Å². The lowest BCUT2D eigenvalue weighted by Crippen LogP contribution is -2.51.